The molecule has 0 fully saturated rings. The van der Waals surface area contributed by atoms with Gasteiger partial charge in [-0.25, -0.2) is 4.79 Å². The van der Waals surface area contributed by atoms with Crippen LogP contribution in [-0.2, 0) is 32.1 Å². The summed E-state index contributed by atoms with van der Waals surface area (Å²) in [6.45, 7) is 0. The van der Waals surface area contributed by atoms with Gasteiger partial charge in [0.25, 0.3) is 0 Å². The van der Waals surface area contributed by atoms with E-state index in [0.717, 1.165) is 5.54 Å². The van der Waals surface area contributed by atoms with Crippen LogP contribution in [0, 0.1) is 0 Å². The average Bonchev–Trinajstić information content (AvgIpc) is 1.65. The van der Waals surface area contributed by atoms with Crippen LogP contribution in [0.3, 0.4) is 0 Å². The van der Waals surface area contributed by atoms with Gasteiger partial charge in [-0.2, -0.15) is 0 Å². The molecule has 0 aromatic heterocycles. The van der Waals surface area contributed by atoms with E-state index in [1.165, 1.54) is 0 Å². The molecule has 0 unspecified atom stereocenters. The standard InChI is InChI=1S/C3H2Cl2O2.Cd/c4-1-2(5)3(6)7;/h1H,(H,6,7);. The van der Waals surface area contributed by atoms with Crippen molar-refractivity contribution in [3.63, 3.8) is 0 Å². The van der Waals surface area contributed by atoms with Gasteiger partial charge >= 0.3 is 5.97 Å². The van der Waals surface area contributed by atoms with Gasteiger partial charge in [-0.3, -0.25) is 0 Å². The Morgan fingerprint density at radius 2 is 2.00 bits per heavy atom. The second kappa shape index (κ2) is 5.84. The summed E-state index contributed by atoms with van der Waals surface area (Å²) in [5.74, 6) is -1.21. The Kier molecular flexibility index (Phi) is 8.40. The molecule has 0 spiro atoms. The summed E-state index contributed by atoms with van der Waals surface area (Å²) in [4.78, 5) is 9.65. The molecule has 0 heterocycles. The van der Waals surface area contributed by atoms with E-state index < -0.39 is 5.97 Å². The molecule has 8 heavy (non-hydrogen) atoms. The third-order valence-electron chi connectivity index (χ3n) is 0.300. The number of carboxylic acids is 1. The Hall–Kier alpha value is 0.712. The van der Waals surface area contributed by atoms with E-state index in [0.29, 0.717) is 0 Å². The van der Waals surface area contributed by atoms with Crippen LogP contribution in [0.25, 0.3) is 0 Å². The number of hydrogen-bond acceptors (Lipinski definition) is 1. The van der Waals surface area contributed by atoms with Gasteiger partial charge in [-0.1, -0.05) is 23.2 Å². The number of aliphatic carboxylic acids is 1. The van der Waals surface area contributed by atoms with Crippen molar-refractivity contribution in [2.45, 2.75) is 0 Å². The Morgan fingerprint density at radius 3 is 2.00 bits per heavy atom. The maximum Gasteiger partial charge on any atom is 0.348 e. The maximum absolute atomic E-state index is 9.65. The second-order valence-electron chi connectivity index (χ2n) is 0.762. The van der Waals surface area contributed by atoms with E-state index in [4.69, 9.17) is 28.3 Å². The summed E-state index contributed by atoms with van der Waals surface area (Å²) in [5, 5.41) is 7.52. The Bertz CT molecular complexity index is 112. The topological polar surface area (TPSA) is 37.3 Å². The molecule has 0 aliphatic rings. The zero-order valence-electron chi connectivity index (χ0n) is 3.90. The fourth-order valence-electron chi connectivity index (χ4n) is 0.0467. The molecule has 0 bridgehead atoms. The van der Waals surface area contributed by atoms with E-state index in [1.807, 2.05) is 0 Å². The van der Waals surface area contributed by atoms with E-state index >= 15 is 0 Å². The first-order valence-electron chi connectivity index (χ1n) is 1.37. The minimum absolute atomic E-state index is 0. The third-order valence-corrected chi connectivity index (χ3v) is 0.901. The van der Waals surface area contributed by atoms with Crippen molar-refractivity contribution in [1.82, 2.24) is 0 Å². The fourth-order valence-corrected chi connectivity index (χ4v) is 0.140. The molecule has 0 saturated carbocycles. The number of hydrogen-bond donors (Lipinski definition) is 1. The van der Waals surface area contributed by atoms with Gasteiger partial charge in [-0.15, -0.1) is 0 Å². The van der Waals surface area contributed by atoms with Crippen LogP contribution in [0.15, 0.2) is 10.6 Å². The van der Waals surface area contributed by atoms with Gasteiger partial charge in [-0.05, 0) is 0 Å². The summed E-state index contributed by atoms with van der Waals surface area (Å²) in [6.07, 6.45) is 0. The van der Waals surface area contributed by atoms with Crippen molar-refractivity contribution < 1.29 is 37.2 Å². The average molecular weight is 253 g/mol. The number of carbonyl (C=O) groups is 1. The van der Waals surface area contributed by atoms with Crippen molar-refractivity contribution in [3.05, 3.63) is 10.6 Å². The number of halogens is 2. The van der Waals surface area contributed by atoms with Crippen LogP contribution in [0.1, 0.15) is 0 Å². The summed E-state index contributed by atoms with van der Waals surface area (Å²) >= 11 is 9.80. The molecule has 0 amide bonds. The Morgan fingerprint density at radius 1 is 1.62 bits per heavy atom. The van der Waals surface area contributed by atoms with Gasteiger partial charge in [0.05, 0.1) is 0 Å². The van der Waals surface area contributed by atoms with Crippen LogP contribution in [0.5, 0.6) is 0 Å². The summed E-state index contributed by atoms with van der Waals surface area (Å²) in [7, 11) is 0. The fraction of sp³-hybridized carbons (Fsp3) is 0. The van der Waals surface area contributed by atoms with E-state index in [9.17, 15) is 4.79 Å². The third kappa shape index (κ3) is 4.86. The molecule has 5 heteroatoms. The number of carboxylic acid groups (broad SMARTS) is 1. The minimum Gasteiger partial charge on any atom is -0.477 e. The first kappa shape index (κ1) is 11.5. The minimum atomic E-state index is -1.21. The SMILES string of the molecule is O=C(O)C(Cl)=CCl.[Cd]. The Labute approximate surface area is 76.6 Å². The maximum atomic E-state index is 9.65. The van der Waals surface area contributed by atoms with Crippen LogP contribution in [-0.4, -0.2) is 11.1 Å². The molecule has 42 valence electrons. The van der Waals surface area contributed by atoms with Gasteiger partial charge < -0.3 is 5.11 Å². The summed E-state index contributed by atoms with van der Waals surface area (Å²) < 4.78 is 0. The predicted octanol–water partition coefficient (Wildman–Crippen LogP) is 1.39. The first-order valence-corrected chi connectivity index (χ1v) is 2.19. The van der Waals surface area contributed by atoms with Gasteiger partial charge in [0.2, 0.25) is 0 Å². The van der Waals surface area contributed by atoms with Crippen LogP contribution < -0.4 is 0 Å². The molecular weight excluding hydrogens is 251 g/mol. The van der Waals surface area contributed by atoms with Crippen molar-refractivity contribution >= 4 is 29.2 Å². The van der Waals surface area contributed by atoms with Gasteiger partial charge in [0.1, 0.15) is 5.03 Å². The largest absolute Gasteiger partial charge is 0.477 e. The molecule has 0 saturated heterocycles. The second-order valence-corrected chi connectivity index (χ2v) is 1.39. The smallest absolute Gasteiger partial charge is 0.348 e. The number of rotatable bonds is 1. The Balaban J connectivity index is 0. The zero-order valence-corrected chi connectivity index (χ0v) is 9.44. The monoisotopic (exact) mass is 254 g/mol. The van der Waals surface area contributed by atoms with Crippen LogP contribution in [0.4, 0.5) is 0 Å². The predicted molar refractivity (Wildman–Crippen MR) is 27.4 cm³/mol. The van der Waals surface area contributed by atoms with E-state index in [2.05, 4.69) is 0 Å². The quantitative estimate of drug-likeness (QED) is 0.566. The normalized spacial score (nSPS) is 10.0. The molecule has 1 N–H and O–H groups in total. The van der Waals surface area contributed by atoms with Crippen LogP contribution >= 0.6 is 23.2 Å². The molecule has 0 aliphatic carbocycles. The molecule has 0 aromatic rings. The molecule has 0 atom stereocenters. The molecule has 0 rings (SSSR count). The van der Waals surface area contributed by atoms with Crippen molar-refractivity contribution in [2.75, 3.05) is 0 Å². The molecule has 0 aliphatic heterocycles. The molecular formula is C3H2CdCl2O2. The first-order chi connectivity index (χ1) is 3.18. The van der Waals surface area contributed by atoms with Crippen molar-refractivity contribution in [3.8, 4) is 0 Å². The van der Waals surface area contributed by atoms with Gasteiger partial charge in [0, 0.05) is 32.8 Å². The molecule has 0 radical (unpaired) electrons. The summed E-state index contributed by atoms with van der Waals surface area (Å²) in [6, 6.07) is 0. The van der Waals surface area contributed by atoms with E-state index in [1.54, 1.807) is 0 Å². The van der Waals surface area contributed by atoms with Crippen molar-refractivity contribution in [2.24, 2.45) is 0 Å². The zero-order chi connectivity index (χ0) is 5.86. The van der Waals surface area contributed by atoms with Crippen molar-refractivity contribution in [1.29, 1.82) is 0 Å². The molecule has 0 aromatic carbocycles. The van der Waals surface area contributed by atoms with E-state index in [-0.39, 0.29) is 32.3 Å². The van der Waals surface area contributed by atoms with Gasteiger partial charge in [0.15, 0.2) is 0 Å². The molecule has 2 nitrogen and oxygen atoms in total. The van der Waals surface area contributed by atoms with Crippen LogP contribution in [0.2, 0.25) is 0 Å². The summed E-state index contributed by atoms with van der Waals surface area (Å²) in [5.41, 5.74) is 0.796.